The lowest BCUT2D eigenvalue weighted by Crippen LogP contribution is -2.31. The van der Waals surface area contributed by atoms with E-state index in [4.69, 9.17) is 5.11 Å². The highest BCUT2D eigenvalue weighted by Crippen LogP contribution is 1.98. The van der Waals surface area contributed by atoms with Gasteiger partial charge in [0.1, 0.15) is 0 Å². The third kappa shape index (κ3) is 5.29. The lowest BCUT2D eigenvalue weighted by Gasteiger charge is -2.17. The normalized spacial score (nSPS) is 9.83. The van der Waals surface area contributed by atoms with Gasteiger partial charge in [-0.25, -0.2) is 4.79 Å². The second kappa shape index (κ2) is 7.28. The zero-order valence-electron chi connectivity index (χ0n) is 7.49. The zero-order chi connectivity index (χ0) is 9.40. The number of amides is 1. The Kier molecular flexibility index (Phi) is 7.05. The summed E-state index contributed by atoms with van der Waals surface area (Å²) < 4.78 is 0. The van der Waals surface area contributed by atoms with E-state index in [-0.39, 0.29) is 0 Å². The van der Waals surface area contributed by atoms with Gasteiger partial charge in [0.2, 0.25) is 0 Å². The van der Waals surface area contributed by atoms with Crippen molar-refractivity contribution in [2.45, 2.75) is 26.2 Å². The summed E-state index contributed by atoms with van der Waals surface area (Å²) in [6.07, 6.45) is 1.99. The molecule has 0 rings (SSSR count). The Morgan fingerprint density at radius 3 is 2.42 bits per heavy atom. The molecule has 0 heterocycles. The van der Waals surface area contributed by atoms with Crippen LogP contribution in [-0.4, -0.2) is 34.9 Å². The van der Waals surface area contributed by atoms with Crippen LogP contribution in [0.1, 0.15) is 26.2 Å². The van der Waals surface area contributed by atoms with Crippen LogP contribution in [0.15, 0.2) is 0 Å². The quantitative estimate of drug-likeness (QED) is 0.631. The van der Waals surface area contributed by atoms with Gasteiger partial charge in [-0.3, -0.25) is 0 Å². The molecule has 72 valence electrons. The van der Waals surface area contributed by atoms with Gasteiger partial charge in [-0.15, -0.1) is 0 Å². The number of thiol groups is 1. The van der Waals surface area contributed by atoms with E-state index in [1.165, 1.54) is 4.90 Å². The molecule has 0 aliphatic rings. The van der Waals surface area contributed by atoms with Gasteiger partial charge in [-0.2, -0.15) is 12.6 Å². The standard InChI is InChI=1S/C8H17NO2S/c1-2-3-5-9(8(10)11)6-4-7-12/h12H,2-7H2,1H3,(H,10,11). The molecule has 1 N–H and O–H groups in total. The van der Waals surface area contributed by atoms with Gasteiger partial charge in [0.25, 0.3) is 0 Å². The first-order valence-electron chi connectivity index (χ1n) is 4.31. The average molecular weight is 191 g/mol. The largest absolute Gasteiger partial charge is 0.465 e. The Bertz CT molecular complexity index is 122. The highest BCUT2D eigenvalue weighted by molar-refractivity contribution is 7.80. The minimum absolute atomic E-state index is 0.610. The Morgan fingerprint density at radius 1 is 1.42 bits per heavy atom. The van der Waals surface area contributed by atoms with Crippen molar-refractivity contribution in [1.82, 2.24) is 4.90 Å². The summed E-state index contributed by atoms with van der Waals surface area (Å²) in [5.41, 5.74) is 0. The maximum Gasteiger partial charge on any atom is 0.407 e. The fourth-order valence-corrected chi connectivity index (χ4v) is 1.06. The Hall–Kier alpha value is -0.380. The van der Waals surface area contributed by atoms with Crippen molar-refractivity contribution in [3.63, 3.8) is 0 Å². The average Bonchev–Trinajstić information content (AvgIpc) is 2.04. The SMILES string of the molecule is CCCCN(CCCS)C(=O)O. The molecule has 0 aromatic carbocycles. The molecule has 0 saturated carbocycles. The lowest BCUT2D eigenvalue weighted by molar-refractivity contribution is 0.144. The molecular weight excluding hydrogens is 174 g/mol. The number of carbonyl (C=O) groups is 1. The molecule has 12 heavy (non-hydrogen) atoms. The maximum atomic E-state index is 10.6. The van der Waals surface area contributed by atoms with Crippen molar-refractivity contribution in [2.24, 2.45) is 0 Å². The predicted octanol–water partition coefficient (Wildman–Crippen LogP) is 2.09. The molecular formula is C8H17NO2S. The second-order valence-electron chi connectivity index (χ2n) is 2.70. The number of rotatable bonds is 6. The van der Waals surface area contributed by atoms with Crippen LogP contribution in [0.2, 0.25) is 0 Å². The van der Waals surface area contributed by atoms with Crippen LogP contribution >= 0.6 is 12.6 Å². The molecule has 0 saturated heterocycles. The maximum absolute atomic E-state index is 10.6. The molecule has 4 heteroatoms. The monoisotopic (exact) mass is 191 g/mol. The van der Waals surface area contributed by atoms with Crippen molar-refractivity contribution in [3.05, 3.63) is 0 Å². The van der Waals surface area contributed by atoms with Gasteiger partial charge < -0.3 is 10.0 Å². The third-order valence-corrected chi connectivity index (χ3v) is 1.95. The first-order valence-corrected chi connectivity index (χ1v) is 4.94. The molecule has 0 aliphatic heterocycles. The van der Waals surface area contributed by atoms with E-state index in [0.29, 0.717) is 13.1 Å². The van der Waals surface area contributed by atoms with E-state index in [2.05, 4.69) is 19.6 Å². The summed E-state index contributed by atoms with van der Waals surface area (Å²) in [6.45, 7) is 3.32. The molecule has 0 unspecified atom stereocenters. The Balaban J connectivity index is 3.62. The Morgan fingerprint density at radius 2 is 2.00 bits per heavy atom. The van der Waals surface area contributed by atoms with Crippen LogP contribution in [0.25, 0.3) is 0 Å². The zero-order valence-corrected chi connectivity index (χ0v) is 8.39. The van der Waals surface area contributed by atoms with Gasteiger partial charge in [0.15, 0.2) is 0 Å². The molecule has 0 radical (unpaired) electrons. The first-order chi connectivity index (χ1) is 5.72. The van der Waals surface area contributed by atoms with Crippen molar-refractivity contribution < 1.29 is 9.90 Å². The van der Waals surface area contributed by atoms with Crippen LogP contribution in [-0.2, 0) is 0 Å². The molecule has 0 aromatic heterocycles. The molecule has 0 fully saturated rings. The summed E-state index contributed by atoms with van der Waals surface area (Å²) >= 11 is 4.04. The van der Waals surface area contributed by atoms with E-state index < -0.39 is 6.09 Å². The highest BCUT2D eigenvalue weighted by Gasteiger charge is 2.08. The van der Waals surface area contributed by atoms with E-state index in [0.717, 1.165) is 25.0 Å². The molecule has 0 spiro atoms. The lowest BCUT2D eigenvalue weighted by atomic mass is 10.3. The summed E-state index contributed by atoms with van der Waals surface area (Å²) in [5, 5.41) is 8.73. The van der Waals surface area contributed by atoms with Crippen molar-refractivity contribution in [1.29, 1.82) is 0 Å². The third-order valence-electron chi connectivity index (χ3n) is 1.64. The van der Waals surface area contributed by atoms with Gasteiger partial charge in [0, 0.05) is 13.1 Å². The number of unbranched alkanes of at least 4 members (excludes halogenated alkanes) is 1. The van der Waals surface area contributed by atoms with Crippen molar-refractivity contribution in [3.8, 4) is 0 Å². The molecule has 0 atom stereocenters. The van der Waals surface area contributed by atoms with Crippen LogP contribution in [0.3, 0.4) is 0 Å². The number of carboxylic acid groups (broad SMARTS) is 1. The molecule has 0 aromatic rings. The minimum atomic E-state index is -0.815. The van der Waals surface area contributed by atoms with Crippen LogP contribution in [0, 0.1) is 0 Å². The van der Waals surface area contributed by atoms with E-state index in [1.807, 2.05) is 0 Å². The highest BCUT2D eigenvalue weighted by atomic mass is 32.1. The Labute approximate surface area is 79.2 Å². The van der Waals surface area contributed by atoms with Gasteiger partial charge >= 0.3 is 6.09 Å². The minimum Gasteiger partial charge on any atom is -0.465 e. The molecule has 1 amide bonds. The number of nitrogens with zero attached hydrogens (tertiary/aromatic N) is 1. The van der Waals surface area contributed by atoms with Crippen LogP contribution in [0.5, 0.6) is 0 Å². The smallest absolute Gasteiger partial charge is 0.407 e. The van der Waals surface area contributed by atoms with Crippen molar-refractivity contribution in [2.75, 3.05) is 18.8 Å². The topological polar surface area (TPSA) is 40.5 Å². The number of hydrogen-bond acceptors (Lipinski definition) is 2. The van der Waals surface area contributed by atoms with Crippen molar-refractivity contribution >= 4 is 18.7 Å². The fraction of sp³-hybridized carbons (Fsp3) is 0.875. The summed E-state index contributed by atoms with van der Waals surface area (Å²) in [7, 11) is 0. The fourth-order valence-electron chi connectivity index (χ4n) is 0.914. The van der Waals surface area contributed by atoms with Gasteiger partial charge in [0.05, 0.1) is 0 Å². The van der Waals surface area contributed by atoms with E-state index in [1.54, 1.807) is 0 Å². The summed E-state index contributed by atoms with van der Waals surface area (Å²) in [5.74, 6) is 0.746. The van der Waals surface area contributed by atoms with Crippen LogP contribution in [0.4, 0.5) is 4.79 Å². The molecule has 0 bridgehead atoms. The first kappa shape index (κ1) is 11.6. The summed E-state index contributed by atoms with van der Waals surface area (Å²) in [6, 6.07) is 0. The van der Waals surface area contributed by atoms with E-state index >= 15 is 0 Å². The van der Waals surface area contributed by atoms with E-state index in [9.17, 15) is 4.79 Å². The van der Waals surface area contributed by atoms with Crippen LogP contribution < -0.4 is 0 Å². The number of hydrogen-bond donors (Lipinski definition) is 2. The van der Waals surface area contributed by atoms with Gasteiger partial charge in [-0.1, -0.05) is 13.3 Å². The molecule has 3 nitrogen and oxygen atoms in total. The molecule has 0 aliphatic carbocycles. The van der Waals surface area contributed by atoms with Gasteiger partial charge in [-0.05, 0) is 18.6 Å². The predicted molar refractivity (Wildman–Crippen MR) is 53.0 cm³/mol. The summed E-state index contributed by atoms with van der Waals surface area (Å²) in [4.78, 5) is 12.1. The second-order valence-corrected chi connectivity index (χ2v) is 3.15.